The predicted molar refractivity (Wildman–Crippen MR) is 150 cm³/mol. The molecule has 0 aliphatic rings. The van der Waals surface area contributed by atoms with Gasteiger partial charge in [-0.15, -0.1) is 0 Å². The molecule has 0 aromatic rings. The molecule has 0 radical (unpaired) electrons. The van der Waals surface area contributed by atoms with E-state index in [9.17, 15) is 19.4 Å². The van der Waals surface area contributed by atoms with E-state index in [1.165, 1.54) is 57.8 Å². The van der Waals surface area contributed by atoms with Crippen LogP contribution in [-0.2, 0) is 18.4 Å². The van der Waals surface area contributed by atoms with Crippen LogP contribution in [0.15, 0.2) is 0 Å². The van der Waals surface area contributed by atoms with Gasteiger partial charge in [-0.2, -0.15) is 0 Å². The summed E-state index contributed by atoms with van der Waals surface area (Å²) in [7, 11) is 1.30. The Morgan fingerprint density at radius 2 is 1.32 bits per heavy atom. The van der Waals surface area contributed by atoms with Crippen LogP contribution in [-0.4, -0.2) is 68.5 Å². The zero-order valence-corrected chi connectivity index (χ0v) is 25.6. The minimum Gasteiger partial charge on any atom is -0.756 e. The summed E-state index contributed by atoms with van der Waals surface area (Å²) < 4.78 is 22.9. The smallest absolute Gasteiger partial charge is 0.268 e. The van der Waals surface area contributed by atoms with Crippen molar-refractivity contribution in [2.45, 2.75) is 135 Å². The zero-order chi connectivity index (χ0) is 28.0. The van der Waals surface area contributed by atoms with Gasteiger partial charge in [0.2, 0.25) is 5.91 Å². The Labute approximate surface area is 228 Å². The summed E-state index contributed by atoms with van der Waals surface area (Å²) in [5.41, 5.74) is 0. The number of rotatable bonds is 26. The molecule has 0 fully saturated rings. The van der Waals surface area contributed by atoms with Crippen molar-refractivity contribution in [1.82, 2.24) is 5.32 Å². The van der Waals surface area contributed by atoms with E-state index in [0.717, 1.165) is 38.5 Å². The molecule has 0 saturated heterocycles. The number of carbonyl (C=O) groups is 1. The molecule has 3 atom stereocenters. The van der Waals surface area contributed by atoms with Crippen LogP contribution in [0.3, 0.4) is 0 Å². The van der Waals surface area contributed by atoms with Gasteiger partial charge in [-0.05, 0) is 12.8 Å². The van der Waals surface area contributed by atoms with E-state index in [0.29, 0.717) is 23.9 Å². The van der Waals surface area contributed by atoms with Crippen molar-refractivity contribution < 1.29 is 32.9 Å². The fraction of sp³-hybridized carbons (Fsp3) is 0.964. The van der Waals surface area contributed by atoms with Gasteiger partial charge in [-0.25, -0.2) is 0 Å². The van der Waals surface area contributed by atoms with Crippen LogP contribution < -0.4 is 10.2 Å². The normalized spacial score (nSPS) is 15.3. The number of aliphatic hydroxyl groups is 1. The molecule has 2 N–H and O–H groups in total. The molecule has 0 spiro atoms. The molecule has 0 aromatic heterocycles. The van der Waals surface area contributed by atoms with Crippen LogP contribution in [0.25, 0.3) is 0 Å². The molecule has 0 rings (SSSR count). The summed E-state index contributed by atoms with van der Waals surface area (Å²) in [6.07, 6.45) is 17.0. The van der Waals surface area contributed by atoms with Crippen molar-refractivity contribution in [3.05, 3.63) is 0 Å². The van der Waals surface area contributed by atoms with Crippen LogP contribution in [0.1, 0.15) is 123 Å². The van der Waals surface area contributed by atoms with Gasteiger partial charge in [0.15, 0.2) is 0 Å². The first kappa shape index (κ1) is 36.5. The van der Waals surface area contributed by atoms with Gasteiger partial charge in [0.25, 0.3) is 7.82 Å². The van der Waals surface area contributed by atoms with E-state index in [1.807, 2.05) is 21.1 Å². The molecule has 8 nitrogen and oxygen atoms in total. The lowest BCUT2D eigenvalue weighted by molar-refractivity contribution is -0.870. The third-order valence-electron chi connectivity index (χ3n) is 6.60. The Kier molecular flexibility index (Phi) is 22.0. The van der Waals surface area contributed by atoms with Crippen LogP contribution in [0.2, 0.25) is 0 Å². The molecule has 0 aromatic carbocycles. The van der Waals surface area contributed by atoms with Gasteiger partial charge in [-0.1, -0.05) is 104 Å². The third kappa shape index (κ3) is 24.3. The highest BCUT2D eigenvalue weighted by atomic mass is 31.2. The molecule has 0 heterocycles. The molecule has 37 heavy (non-hydrogen) atoms. The molecule has 0 aliphatic heterocycles. The monoisotopic (exact) mass is 550 g/mol. The van der Waals surface area contributed by atoms with Crippen molar-refractivity contribution in [2.75, 3.05) is 40.9 Å². The zero-order valence-electron chi connectivity index (χ0n) is 24.7. The number of hydrogen-bond donors (Lipinski definition) is 2. The number of phosphoric ester groups is 1. The van der Waals surface area contributed by atoms with Gasteiger partial charge >= 0.3 is 0 Å². The quantitative estimate of drug-likeness (QED) is 0.0811. The van der Waals surface area contributed by atoms with Crippen LogP contribution in [0.4, 0.5) is 0 Å². The lowest BCUT2D eigenvalue weighted by atomic mass is 10.0. The van der Waals surface area contributed by atoms with Crippen molar-refractivity contribution in [3.8, 4) is 0 Å². The second-order valence-electron chi connectivity index (χ2n) is 11.5. The molecule has 9 heteroatoms. The number of unbranched alkanes of at least 4 members (excludes halogenated alkanes) is 13. The standard InChI is InChI=1S/C28H59N2O6P/c1-6-8-10-12-14-15-16-17-19-21-27(31)26(29-28(32)22-20-18-13-11-9-7-2)25-36-37(33,34)35-24-23-30(3,4)5/h26-27,31H,6-25H2,1-5H3,(H-,29,32,33,34). The molecular formula is C28H59N2O6P. The van der Waals surface area contributed by atoms with Gasteiger partial charge in [0.1, 0.15) is 13.2 Å². The molecule has 222 valence electrons. The number of hydrogen-bond acceptors (Lipinski definition) is 6. The highest BCUT2D eigenvalue weighted by Gasteiger charge is 2.24. The van der Waals surface area contributed by atoms with Gasteiger partial charge in [-0.3, -0.25) is 9.36 Å². The van der Waals surface area contributed by atoms with Crippen molar-refractivity contribution >= 4 is 13.7 Å². The number of amides is 1. The van der Waals surface area contributed by atoms with Gasteiger partial charge < -0.3 is 28.8 Å². The first-order valence-electron chi connectivity index (χ1n) is 14.9. The van der Waals surface area contributed by atoms with Crippen LogP contribution in [0.5, 0.6) is 0 Å². The first-order chi connectivity index (χ1) is 17.5. The Bertz CT molecular complexity index is 600. The summed E-state index contributed by atoms with van der Waals surface area (Å²) in [6, 6.07) is -0.786. The Morgan fingerprint density at radius 1 is 0.838 bits per heavy atom. The van der Waals surface area contributed by atoms with E-state index in [4.69, 9.17) is 9.05 Å². The summed E-state index contributed by atoms with van der Waals surface area (Å²) >= 11 is 0. The van der Waals surface area contributed by atoms with Crippen LogP contribution in [0, 0.1) is 0 Å². The average Bonchev–Trinajstić information content (AvgIpc) is 2.81. The fourth-order valence-corrected chi connectivity index (χ4v) is 4.82. The van der Waals surface area contributed by atoms with Gasteiger partial charge in [0, 0.05) is 6.42 Å². The SMILES string of the molecule is CCCCCCCCCCCC(O)C(COP(=O)([O-])OCC[N+](C)(C)C)NC(=O)CCCCCCCC. The first-order valence-corrected chi connectivity index (χ1v) is 16.3. The lowest BCUT2D eigenvalue weighted by Gasteiger charge is -2.30. The Morgan fingerprint density at radius 3 is 1.84 bits per heavy atom. The van der Waals surface area contributed by atoms with E-state index < -0.39 is 20.0 Å². The lowest BCUT2D eigenvalue weighted by Crippen LogP contribution is -2.46. The third-order valence-corrected chi connectivity index (χ3v) is 7.56. The number of likely N-dealkylation sites (N-methyl/N-ethyl adjacent to an activating group) is 1. The van der Waals surface area contributed by atoms with Crippen molar-refractivity contribution in [1.29, 1.82) is 0 Å². The molecule has 0 bridgehead atoms. The molecular weight excluding hydrogens is 491 g/mol. The van der Waals surface area contributed by atoms with Crippen molar-refractivity contribution in [3.63, 3.8) is 0 Å². The van der Waals surface area contributed by atoms with Crippen molar-refractivity contribution in [2.24, 2.45) is 0 Å². The van der Waals surface area contributed by atoms with E-state index in [2.05, 4.69) is 19.2 Å². The summed E-state index contributed by atoms with van der Waals surface area (Å²) in [6.45, 7) is 4.59. The van der Waals surface area contributed by atoms with E-state index >= 15 is 0 Å². The topological polar surface area (TPSA) is 108 Å². The number of carbonyl (C=O) groups excluding carboxylic acids is 1. The maximum Gasteiger partial charge on any atom is 0.268 e. The van der Waals surface area contributed by atoms with E-state index in [-0.39, 0.29) is 19.1 Å². The minimum atomic E-state index is -4.53. The van der Waals surface area contributed by atoms with Gasteiger partial charge in [0.05, 0.1) is 39.9 Å². The highest BCUT2D eigenvalue weighted by Crippen LogP contribution is 2.38. The predicted octanol–water partition coefficient (Wildman–Crippen LogP) is 5.71. The molecule has 1 amide bonds. The summed E-state index contributed by atoms with van der Waals surface area (Å²) in [5.74, 6) is -0.179. The Balaban J connectivity index is 4.60. The second-order valence-corrected chi connectivity index (χ2v) is 12.9. The molecule has 0 aliphatic carbocycles. The number of nitrogens with zero attached hydrogens (tertiary/aromatic N) is 1. The minimum absolute atomic E-state index is 0.0142. The largest absolute Gasteiger partial charge is 0.756 e. The maximum absolute atomic E-state index is 12.5. The van der Waals surface area contributed by atoms with E-state index in [1.54, 1.807) is 0 Å². The number of quaternary nitrogens is 1. The Hall–Kier alpha value is -0.500. The molecule has 0 saturated carbocycles. The second kappa shape index (κ2) is 22.3. The maximum atomic E-state index is 12.5. The molecule has 3 unspecified atom stereocenters. The highest BCUT2D eigenvalue weighted by molar-refractivity contribution is 7.45. The summed E-state index contributed by atoms with van der Waals surface area (Å²) in [5, 5.41) is 13.6. The number of aliphatic hydroxyl groups excluding tert-OH is 1. The average molecular weight is 551 g/mol. The summed E-state index contributed by atoms with van der Waals surface area (Å²) in [4.78, 5) is 24.8. The number of nitrogens with one attached hydrogen (secondary N) is 1. The van der Waals surface area contributed by atoms with Crippen LogP contribution >= 0.6 is 7.82 Å². The fourth-order valence-electron chi connectivity index (χ4n) is 4.09. The number of phosphoric acid groups is 1.